The van der Waals surface area contributed by atoms with Crippen molar-refractivity contribution in [1.29, 1.82) is 0 Å². The van der Waals surface area contributed by atoms with E-state index in [9.17, 15) is 23.5 Å². The van der Waals surface area contributed by atoms with Gasteiger partial charge in [0.15, 0.2) is 11.6 Å². The number of aromatic nitrogens is 1. The van der Waals surface area contributed by atoms with Gasteiger partial charge in [-0.25, -0.2) is 13.6 Å². The Balaban J connectivity index is 1.38. The molecule has 8 heteroatoms. The van der Waals surface area contributed by atoms with Gasteiger partial charge in [0.05, 0.1) is 17.4 Å². The Hall–Kier alpha value is -4.10. The summed E-state index contributed by atoms with van der Waals surface area (Å²) >= 11 is 6.05. The molecule has 0 amide bonds. The first kappa shape index (κ1) is 25.5. The Morgan fingerprint density at radius 1 is 0.921 bits per heavy atom. The second kappa shape index (κ2) is 10.7. The molecule has 0 spiro atoms. The minimum atomic E-state index is -1.22. The first-order valence-corrected chi connectivity index (χ1v) is 12.5. The molecule has 5 rings (SSSR count). The van der Waals surface area contributed by atoms with Crippen molar-refractivity contribution in [2.75, 3.05) is 11.4 Å². The van der Waals surface area contributed by atoms with Gasteiger partial charge in [-0.15, -0.1) is 0 Å². The molecular weight excluding hydrogens is 510 g/mol. The topological polar surface area (TPSA) is 70.5 Å². The molecule has 3 aromatic carbocycles. The van der Waals surface area contributed by atoms with Gasteiger partial charge in [0.25, 0.3) is 0 Å². The van der Waals surface area contributed by atoms with Crippen molar-refractivity contribution in [3.63, 3.8) is 0 Å². The van der Waals surface area contributed by atoms with Gasteiger partial charge < -0.3 is 10.0 Å². The first-order chi connectivity index (χ1) is 18.3. The minimum Gasteiger partial charge on any atom is -0.478 e. The van der Waals surface area contributed by atoms with E-state index in [0.717, 1.165) is 30.1 Å². The van der Waals surface area contributed by atoms with Gasteiger partial charge in [-0.05, 0) is 90.9 Å². The summed E-state index contributed by atoms with van der Waals surface area (Å²) in [4.78, 5) is 31.6. The molecule has 1 heterocycles. The third-order valence-electron chi connectivity index (χ3n) is 6.55. The number of benzene rings is 3. The van der Waals surface area contributed by atoms with Crippen LogP contribution >= 0.6 is 11.6 Å². The molecule has 0 bridgehead atoms. The lowest BCUT2D eigenvalue weighted by Gasteiger charge is -2.25. The highest BCUT2D eigenvalue weighted by Gasteiger charge is 2.26. The highest BCUT2D eigenvalue weighted by atomic mass is 35.5. The van der Waals surface area contributed by atoms with Gasteiger partial charge in [-0.2, -0.15) is 0 Å². The van der Waals surface area contributed by atoms with Gasteiger partial charge in [0.1, 0.15) is 5.69 Å². The molecule has 4 aromatic rings. The van der Waals surface area contributed by atoms with Crippen LogP contribution in [-0.4, -0.2) is 28.4 Å². The zero-order valence-corrected chi connectivity index (χ0v) is 21.0. The van der Waals surface area contributed by atoms with Gasteiger partial charge in [0, 0.05) is 22.8 Å². The SMILES string of the molecule is O=C(c1ccc(Cc2ccc(F)c(F)c2)c(C(=O)O)c1)c1ccc(N(CC2CC2)c2ccc(Cl)cc2)cn1. The maximum atomic E-state index is 13.6. The van der Waals surface area contributed by atoms with Gasteiger partial charge in [0.2, 0.25) is 5.78 Å². The molecule has 1 aliphatic rings. The number of carbonyl (C=O) groups excluding carboxylic acids is 1. The van der Waals surface area contributed by atoms with E-state index in [4.69, 9.17) is 11.6 Å². The summed E-state index contributed by atoms with van der Waals surface area (Å²) in [7, 11) is 0. The van der Waals surface area contributed by atoms with E-state index in [-0.39, 0.29) is 23.2 Å². The number of aromatic carboxylic acids is 1. The molecule has 1 saturated carbocycles. The number of rotatable bonds is 9. The second-order valence-corrected chi connectivity index (χ2v) is 9.80. The fourth-order valence-electron chi connectivity index (χ4n) is 4.31. The van der Waals surface area contributed by atoms with E-state index in [0.29, 0.717) is 22.1 Å². The molecule has 0 radical (unpaired) electrons. The molecule has 1 N–H and O–H groups in total. The van der Waals surface area contributed by atoms with Crippen LogP contribution in [0.1, 0.15) is 50.4 Å². The first-order valence-electron chi connectivity index (χ1n) is 12.1. The molecule has 0 aliphatic heterocycles. The average Bonchev–Trinajstić information content (AvgIpc) is 3.74. The van der Waals surface area contributed by atoms with Crippen LogP contribution in [0.5, 0.6) is 0 Å². The summed E-state index contributed by atoms with van der Waals surface area (Å²) in [6, 6.07) is 18.8. The lowest BCUT2D eigenvalue weighted by atomic mass is 9.95. The zero-order valence-electron chi connectivity index (χ0n) is 20.2. The molecule has 0 unspecified atom stereocenters. The quantitative estimate of drug-likeness (QED) is 0.233. The highest BCUT2D eigenvalue weighted by molar-refractivity contribution is 6.30. The molecule has 0 atom stereocenters. The summed E-state index contributed by atoms with van der Waals surface area (Å²) in [6.07, 6.45) is 4.06. The van der Waals surface area contributed by atoms with Crippen LogP contribution in [0.2, 0.25) is 5.02 Å². The molecule has 1 aromatic heterocycles. The third kappa shape index (κ3) is 5.73. The van der Waals surface area contributed by atoms with E-state index < -0.39 is 23.4 Å². The lowest BCUT2D eigenvalue weighted by Crippen LogP contribution is -2.20. The molecule has 1 aliphatic carbocycles. The molecule has 5 nitrogen and oxygen atoms in total. The lowest BCUT2D eigenvalue weighted by molar-refractivity contribution is 0.0696. The maximum Gasteiger partial charge on any atom is 0.335 e. The number of hydrogen-bond acceptors (Lipinski definition) is 4. The van der Waals surface area contributed by atoms with Crippen molar-refractivity contribution in [1.82, 2.24) is 4.98 Å². The van der Waals surface area contributed by atoms with Crippen molar-refractivity contribution >= 4 is 34.7 Å². The number of hydrogen-bond donors (Lipinski definition) is 1. The molecule has 0 saturated heterocycles. The smallest absolute Gasteiger partial charge is 0.335 e. The van der Waals surface area contributed by atoms with E-state index in [1.54, 1.807) is 12.3 Å². The Bertz CT molecular complexity index is 1500. The molecule has 192 valence electrons. The summed E-state index contributed by atoms with van der Waals surface area (Å²) in [5.74, 6) is -3.02. The number of carboxylic acids is 1. The fourth-order valence-corrected chi connectivity index (χ4v) is 4.43. The second-order valence-electron chi connectivity index (χ2n) is 9.36. The summed E-state index contributed by atoms with van der Waals surface area (Å²) < 4.78 is 26.9. The summed E-state index contributed by atoms with van der Waals surface area (Å²) in [6.45, 7) is 0.831. The van der Waals surface area contributed by atoms with E-state index in [1.165, 1.54) is 37.1 Å². The molecular formula is C30H23ClF2N2O3. The van der Waals surface area contributed by atoms with Crippen molar-refractivity contribution < 1.29 is 23.5 Å². The Kier molecular flexibility index (Phi) is 7.20. The number of carbonyl (C=O) groups is 2. The minimum absolute atomic E-state index is 0.0712. The number of pyridine rings is 1. The van der Waals surface area contributed by atoms with Gasteiger partial charge in [-0.3, -0.25) is 9.78 Å². The average molecular weight is 533 g/mol. The van der Waals surface area contributed by atoms with E-state index >= 15 is 0 Å². The van der Waals surface area contributed by atoms with Crippen LogP contribution in [-0.2, 0) is 6.42 Å². The molecule has 1 fully saturated rings. The van der Waals surface area contributed by atoms with Crippen LogP contribution in [0, 0.1) is 17.6 Å². The number of halogens is 3. The predicted octanol–water partition coefficient (Wildman–Crippen LogP) is 7.08. The summed E-state index contributed by atoms with van der Waals surface area (Å²) in [5.41, 5.74) is 2.87. The Morgan fingerprint density at radius 3 is 2.29 bits per heavy atom. The monoisotopic (exact) mass is 532 g/mol. The van der Waals surface area contributed by atoms with Crippen LogP contribution in [0.3, 0.4) is 0 Å². The fraction of sp³-hybridized carbons (Fsp3) is 0.167. The number of nitrogens with zero attached hydrogens (tertiary/aromatic N) is 2. The van der Waals surface area contributed by atoms with Crippen LogP contribution in [0.15, 0.2) is 79.0 Å². The number of carboxylic acid groups (broad SMARTS) is 1. The standard InChI is InChI=1S/C30H23ClF2N2O3/c31-22-6-8-23(9-7-22)35(17-18-1-2-18)24-10-12-28(34-16-24)29(36)21-5-4-20(25(15-21)30(37)38)13-19-3-11-26(32)27(33)14-19/h3-12,14-16,18H,1-2,13,17H2,(H,37,38). The van der Waals surface area contributed by atoms with Crippen LogP contribution in [0.4, 0.5) is 20.2 Å². The van der Waals surface area contributed by atoms with Gasteiger partial charge in [-0.1, -0.05) is 29.8 Å². The Morgan fingerprint density at radius 2 is 1.66 bits per heavy atom. The predicted molar refractivity (Wildman–Crippen MR) is 141 cm³/mol. The highest BCUT2D eigenvalue weighted by Crippen LogP contribution is 2.35. The van der Waals surface area contributed by atoms with E-state index in [1.807, 2.05) is 30.3 Å². The normalized spacial score (nSPS) is 12.8. The van der Waals surface area contributed by atoms with Crippen LogP contribution in [0.25, 0.3) is 0 Å². The largest absolute Gasteiger partial charge is 0.478 e. The number of anilines is 2. The van der Waals surface area contributed by atoms with Crippen molar-refractivity contribution in [3.05, 3.63) is 124 Å². The van der Waals surface area contributed by atoms with Crippen molar-refractivity contribution in [2.24, 2.45) is 5.92 Å². The van der Waals surface area contributed by atoms with Crippen molar-refractivity contribution in [2.45, 2.75) is 19.3 Å². The zero-order chi connectivity index (χ0) is 26.8. The summed E-state index contributed by atoms with van der Waals surface area (Å²) in [5, 5.41) is 10.4. The van der Waals surface area contributed by atoms with E-state index in [2.05, 4.69) is 9.88 Å². The molecule has 38 heavy (non-hydrogen) atoms. The maximum absolute atomic E-state index is 13.6. The Labute approximate surface area is 223 Å². The number of ketones is 1. The third-order valence-corrected chi connectivity index (χ3v) is 6.80. The van der Waals surface area contributed by atoms with Gasteiger partial charge >= 0.3 is 5.97 Å². The van der Waals surface area contributed by atoms with Crippen LogP contribution < -0.4 is 4.90 Å². The van der Waals surface area contributed by atoms with Crippen molar-refractivity contribution in [3.8, 4) is 0 Å².